The molecule has 6 heteroatoms. The summed E-state index contributed by atoms with van der Waals surface area (Å²) in [6.07, 6.45) is -2.43. The highest BCUT2D eigenvalue weighted by Crippen LogP contribution is 2.27. The lowest BCUT2D eigenvalue weighted by molar-refractivity contribution is 0.115. The molecule has 1 aromatic carbocycles. The lowest BCUT2D eigenvalue weighted by atomic mass is 10.1. The molecule has 0 spiro atoms. The van der Waals surface area contributed by atoms with E-state index in [2.05, 4.69) is 0 Å². The summed E-state index contributed by atoms with van der Waals surface area (Å²) in [6, 6.07) is 2.31. The van der Waals surface area contributed by atoms with Gasteiger partial charge in [-0.1, -0.05) is 0 Å². The van der Waals surface area contributed by atoms with Gasteiger partial charge in [0.1, 0.15) is 11.9 Å². The van der Waals surface area contributed by atoms with Gasteiger partial charge in [-0.05, 0) is 12.1 Å². The zero-order valence-electron chi connectivity index (χ0n) is 9.87. The summed E-state index contributed by atoms with van der Waals surface area (Å²) in [7, 11) is 1.35. The third kappa shape index (κ3) is 2.44. The van der Waals surface area contributed by atoms with Crippen molar-refractivity contribution in [1.29, 1.82) is 0 Å². The molecule has 0 radical (unpaired) electrons. The molecule has 1 heterocycles. The van der Waals surface area contributed by atoms with Crippen molar-refractivity contribution in [1.82, 2.24) is 4.90 Å². The van der Waals surface area contributed by atoms with Gasteiger partial charge in [-0.2, -0.15) is 0 Å². The van der Waals surface area contributed by atoms with Crippen LogP contribution in [-0.4, -0.2) is 42.5 Å². The smallest absolute Gasteiger partial charge is 0.167 e. The van der Waals surface area contributed by atoms with Crippen LogP contribution in [0.2, 0.25) is 0 Å². The molecule has 0 bridgehead atoms. The third-order valence-electron chi connectivity index (χ3n) is 3.05. The van der Waals surface area contributed by atoms with Gasteiger partial charge in [-0.25, -0.2) is 13.2 Å². The highest BCUT2D eigenvalue weighted by Gasteiger charge is 2.32. The Hall–Kier alpha value is -1.27. The molecule has 1 aromatic rings. The van der Waals surface area contributed by atoms with Gasteiger partial charge in [-0.3, -0.25) is 4.90 Å². The molecule has 0 unspecified atom stereocenters. The van der Waals surface area contributed by atoms with E-state index < -0.39 is 23.9 Å². The number of likely N-dealkylation sites (tertiary alicyclic amines) is 1. The molecule has 0 aliphatic carbocycles. The summed E-state index contributed by atoms with van der Waals surface area (Å²) >= 11 is 0. The van der Waals surface area contributed by atoms with Gasteiger partial charge >= 0.3 is 0 Å². The number of hydrogen-bond donors (Lipinski definition) is 1. The summed E-state index contributed by atoms with van der Waals surface area (Å²) in [6.45, 7) is 0.102. The van der Waals surface area contributed by atoms with Crippen LogP contribution in [0, 0.1) is 11.6 Å². The first kappa shape index (κ1) is 13.2. The van der Waals surface area contributed by atoms with E-state index in [4.69, 9.17) is 4.74 Å². The molecule has 0 saturated carbocycles. The van der Waals surface area contributed by atoms with Gasteiger partial charge in [-0.15, -0.1) is 0 Å². The maximum absolute atomic E-state index is 13.7. The highest BCUT2D eigenvalue weighted by molar-refractivity contribution is 5.35. The molecule has 2 atom stereocenters. The van der Waals surface area contributed by atoms with Crippen molar-refractivity contribution in [2.75, 3.05) is 20.2 Å². The number of aliphatic hydroxyl groups is 1. The summed E-state index contributed by atoms with van der Waals surface area (Å²) < 4.78 is 44.9. The van der Waals surface area contributed by atoms with E-state index in [1.807, 2.05) is 0 Å². The molecule has 100 valence electrons. The maximum atomic E-state index is 13.7. The number of benzene rings is 1. The van der Waals surface area contributed by atoms with Crippen molar-refractivity contribution in [3.05, 3.63) is 29.3 Å². The SMILES string of the molecule is COc1ccc(F)c(F)c1CN1C[C@@H](O)[C@H](F)C1. The van der Waals surface area contributed by atoms with E-state index in [0.29, 0.717) is 0 Å². The first-order chi connectivity index (χ1) is 8.52. The second-order valence-electron chi connectivity index (χ2n) is 4.32. The van der Waals surface area contributed by atoms with Gasteiger partial charge in [0, 0.05) is 25.2 Å². The van der Waals surface area contributed by atoms with Crippen molar-refractivity contribution in [2.24, 2.45) is 0 Å². The number of nitrogens with zero attached hydrogens (tertiary/aromatic N) is 1. The predicted molar refractivity (Wildman–Crippen MR) is 59.1 cm³/mol. The molecule has 3 nitrogen and oxygen atoms in total. The molecule has 1 aliphatic rings. The standard InChI is InChI=1S/C12H14F3NO2/c1-18-11-3-2-8(13)12(15)7(11)4-16-5-9(14)10(17)6-16/h2-3,9-10,17H,4-6H2,1H3/t9-,10-/m1/s1. The molecule has 0 aromatic heterocycles. The van der Waals surface area contributed by atoms with Gasteiger partial charge in [0.05, 0.1) is 13.2 Å². The first-order valence-corrected chi connectivity index (χ1v) is 5.58. The molecule has 1 saturated heterocycles. The third-order valence-corrected chi connectivity index (χ3v) is 3.05. The van der Waals surface area contributed by atoms with E-state index >= 15 is 0 Å². The lowest BCUT2D eigenvalue weighted by Crippen LogP contribution is -2.22. The second kappa shape index (κ2) is 5.16. The minimum absolute atomic E-state index is 0.000272. The monoisotopic (exact) mass is 261 g/mol. The Kier molecular flexibility index (Phi) is 3.77. The molecule has 1 aliphatic heterocycles. The zero-order chi connectivity index (χ0) is 13.3. The minimum atomic E-state index is -1.35. The van der Waals surface area contributed by atoms with E-state index in [1.165, 1.54) is 18.1 Å². The zero-order valence-corrected chi connectivity index (χ0v) is 9.87. The Morgan fingerprint density at radius 1 is 1.39 bits per heavy atom. The van der Waals surface area contributed by atoms with Crippen LogP contribution in [0.1, 0.15) is 5.56 Å². The summed E-state index contributed by atoms with van der Waals surface area (Å²) in [5, 5.41) is 9.28. The largest absolute Gasteiger partial charge is 0.496 e. The quantitative estimate of drug-likeness (QED) is 0.894. The number of ether oxygens (including phenoxy) is 1. The summed E-state index contributed by atoms with van der Waals surface area (Å²) in [5.41, 5.74) is 0.0406. The fourth-order valence-electron chi connectivity index (χ4n) is 2.09. The van der Waals surface area contributed by atoms with Crippen molar-refractivity contribution in [2.45, 2.75) is 18.8 Å². The topological polar surface area (TPSA) is 32.7 Å². The van der Waals surface area contributed by atoms with Crippen LogP contribution >= 0.6 is 0 Å². The predicted octanol–water partition coefficient (Wildman–Crippen LogP) is 1.49. The summed E-state index contributed by atoms with van der Waals surface area (Å²) in [5.74, 6) is -1.75. The second-order valence-corrected chi connectivity index (χ2v) is 4.32. The fourth-order valence-corrected chi connectivity index (χ4v) is 2.09. The van der Waals surface area contributed by atoms with Crippen molar-refractivity contribution >= 4 is 0 Å². The number of β-amino-alcohol motifs (C(OH)–C–C–N with tert-alkyl or cyclic N) is 1. The number of alkyl halides is 1. The van der Waals surface area contributed by atoms with Crippen molar-refractivity contribution < 1.29 is 23.0 Å². The van der Waals surface area contributed by atoms with E-state index in [1.54, 1.807) is 0 Å². The fraction of sp³-hybridized carbons (Fsp3) is 0.500. The normalized spacial score (nSPS) is 24.5. The van der Waals surface area contributed by atoms with Gasteiger partial charge in [0.15, 0.2) is 11.6 Å². The highest BCUT2D eigenvalue weighted by atomic mass is 19.2. The van der Waals surface area contributed by atoms with Gasteiger partial charge in [0.25, 0.3) is 0 Å². The molecule has 18 heavy (non-hydrogen) atoms. The number of rotatable bonds is 3. The van der Waals surface area contributed by atoms with Crippen LogP contribution in [0.4, 0.5) is 13.2 Å². The average molecular weight is 261 g/mol. The Bertz CT molecular complexity index is 432. The summed E-state index contributed by atoms with van der Waals surface area (Å²) in [4.78, 5) is 1.52. The average Bonchev–Trinajstić information content (AvgIpc) is 2.65. The van der Waals surface area contributed by atoms with Gasteiger partial charge < -0.3 is 9.84 Å². The van der Waals surface area contributed by atoms with Crippen LogP contribution < -0.4 is 4.74 Å². The molecular formula is C12H14F3NO2. The minimum Gasteiger partial charge on any atom is -0.496 e. The first-order valence-electron chi connectivity index (χ1n) is 5.58. The number of methoxy groups -OCH3 is 1. The molecule has 1 fully saturated rings. The van der Waals surface area contributed by atoms with Crippen molar-refractivity contribution in [3.8, 4) is 5.75 Å². The molecule has 0 amide bonds. The number of aliphatic hydroxyl groups excluding tert-OH is 1. The van der Waals surface area contributed by atoms with E-state index in [9.17, 15) is 18.3 Å². The maximum Gasteiger partial charge on any atom is 0.167 e. The number of hydrogen-bond acceptors (Lipinski definition) is 3. The van der Waals surface area contributed by atoms with E-state index in [0.717, 1.165) is 6.07 Å². The number of halogens is 3. The van der Waals surface area contributed by atoms with Crippen LogP contribution in [0.5, 0.6) is 5.75 Å². The van der Waals surface area contributed by atoms with Gasteiger partial charge in [0.2, 0.25) is 0 Å². The van der Waals surface area contributed by atoms with Crippen LogP contribution in [0.3, 0.4) is 0 Å². The van der Waals surface area contributed by atoms with Crippen LogP contribution in [0.25, 0.3) is 0 Å². The van der Waals surface area contributed by atoms with Crippen molar-refractivity contribution in [3.63, 3.8) is 0 Å². The molecule has 1 N–H and O–H groups in total. The molecule has 2 rings (SSSR count). The Balaban J connectivity index is 2.21. The van der Waals surface area contributed by atoms with Crippen LogP contribution in [0.15, 0.2) is 12.1 Å². The lowest BCUT2D eigenvalue weighted by Gasteiger charge is -2.17. The van der Waals surface area contributed by atoms with E-state index in [-0.39, 0.29) is 30.9 Å². The van der Waals surface area contributed by atoms with Crippen LogP contribution in [-0.2, 0) is 6.54 Å². The molecular weight excluding hydrogens is 247 g/mol. The Morgan fingerprint density at radius 3 is 2.67 bits per heavy atom. The Labute approximate surface area is 103 Å². The Morgan fingerprint density at radius 2 is 2.11 bits per heavy atom.